The van der Waals surface area contributed by atoms with Crippen LogP contribution in [-0.2, 0) is 6.54 Å². The van der Waals surface area contributed by atoms with Gasteiger partial charge in [-0.05, 0) is 51.8 Å². The number of carbonyl (C=O) groups excluding carboxylic acids is 1. The minimum atomic E-state index is -0.335. The summed E-state index contributed by atoms with van der Waals surface area (Å²) in [4.78, 5) is 34.0. The van der Waals surface area contributed by atoms with Crippen molar-refractivity contribution in [2.75, 3.05) is 36.4 Å². The average Bonchev–Trinajstić information content (AvgIpc) is 2.88. The number of benzene rings is 2. The maximum absolute atomic E-state index is 13.6. The largest absolute Gasteiger partial charge is 0.365 e. The number of rotatable bonds is 5. The molecular formula is C24H21BrFN7O. The molecule has 0 spiro atoms. The second-order valence-electron chi connectivity index (χ2n) is 7.91. The molecule has 0 saturated carbocycles. The Morgan fingerprint density at radius 3 is 2.44 bits per heavy atom. The van der Waals surface area contributed by atoms with Gasteiger partial charge in [0.25, 0.3) is 5.91 Å². The lowest BCUT2D eigenvalue weighted by molar-refractivity contribution is 0.0746. The fourth-order valence-electron chi connectivity index (χ4n) is 3.88. The number of amides is 1. The summed E-state index contributed by atoms with van der Waals surface area (Å²) in [7, 11) is 0. The van der Waals surface area contributed by atoms with E-state index in [1.165, 1.54) is 18.5 Å². The fraction of sp³-hybridized carbons (Fsp3) is 0.208. The Balaban J connectivity index is 1.19. The number of nitrogens with one attached hydrogen (secondary N) is 1. The van der Waals surface area contributed by atoms with Crippen molar-refractivity contribution in [1.82, 2.24) is 24.8 Å². The third kappa shape index (κ3) is 4.81. The van der Waals surface area contributed by atoms with E-state index in [1.54, 1.807) is 18.5 Å². The molecule has 1 N–H and O–H groups in total. The summed E-state index contributed by atoms with van der Waals surface area (Å²) in [6.45, 7) is 3.08. The summed E-state index contributed by atoms with van der Waals surface area (Å²) in [5.41, 5.74) is 2.30. The van der Waals surface area contributed by atoms with E-state index in [0.29, 0.717) is 61.0 Å². The summed E-state index contributed by atoms with van der Waals surface area (Å²) in [6, 6.07) is 11.9. The van der Waals surface area contributed by atoms with Crippen LogP contribution in [0.25, 0.3) is 10.9 Å². The first-order valence-electron chi connectivity index (χ1n) is 10.8. The Labute approximate surface area is 204 Å². The summed E-state index contributed by atoms with van der Waals surface area (Å²) in [5.74, 6) is 0.912. The van der Waals surface area contributed by atoms with E-state index in [4.69, 9.17) is 0 Å². The van der Waals surface area contributed by atoms with Crippen LogP contribution in [-0.4, -0.2) is 56.9 Å². The smallest absolute Gasteiger partial charge is 0.253 e. The minimum Gasteiger partial charge on any atom is -0.365 e. The molecule has 3 heterocycles. The van der Waals surface area contributed by atoms with Gasteiger partial charge in [-0.25, -0.2) is 24.3 Å². The van der Waals surface area contributed by atoms with Crippen LogP contribution in [0.5, 0.6) is 0 Å². The van der Waals surface area contributed by atoms with Crippen LogP contribution in [0.4, 0.5) is 16.2 Å². The lowest BCUT2D eigenvalue weighted by Gasteiger charge is -2.34. The molecule has 10 heteroatoms. The molecule has 5 rings (SSSR count). The lowest BCUT2D eigenvalue weighted by Crippen LogP contribution is -2.49. The standard InChI is InChI=1S/C24H21BrFN7O/c25-18-13-28-24(29-14-18)33-9-7-32(8-10-33)23(34)17-3-1-16(2-4-17)12-27-22-20-11-19(26)5-6-21(20)30-15-31-22/h1-6,11,13-15H,7-10,12H2,(H,27,30,31). The zero-order valence-electron chi connectivity index (χ0n) is 18.2. The lowest BCUT2D eigenvalue weighted by atomic mass is 10.1. The minimum absolute atomic E-state index is 0.00755. The highest BCUT2D eigenvalue weighted by Gasteiger charge is 2.23. The topological polar surface area (TPSA) is 87.1 Å². The van der Waals surface area contributed by atoms with Crippen LogP contribution in [0.1, 0.15) is 15.9 Å². The van der Waals surface area contributed by atoms with Crippen molar-refractivity contribution in [3.63, 3.8) is 0 Å². The summed E-state index contributed by atoms with van der Waals surface area (Å²) < 4.78 is 14.5. The van der Waals surface area contributed by atoms with Crippen LogP contribution in [0, 0.1) is 5.82 Å². The monoisotopic (exact) mass is 521 g/mol. The number of hydrogen-bond acceptors (Lipinski definition) is 7. The molecule has 2 aromatic carbocycles. The van der Waals surface area contributed by atoms with Gasteiger partial charge in [-0.1, -0.05) is 12.1 Å². The van der Waals surface area contributed by atoms with E-state index >= 15 is 0 Å². The number of carbonyl (C=O) groups is 1. The van der Waals surface area contributed by atoms with Crippen molar-refractivity contribution in [3.05, 3.63) is 82.6 Å². The van der Waals surface area contributed by atoms with Gasteiger partial charge in [-0.2, -0.15) is 0 Å². The first-order valence-corrected chi connectivity index (χ1v) is 11.6. The Morgan fingerprint density at radius 2 is 1.71 bits per heavy atom. The molecule has 0 radical (unpaired) electrons. The molecule has 8 nitrogen and oxygen atoms in total. The third-order valence-electron chi connectivity index (χ3n) is 5.71. The molecule has 1 amide bonds. The van der Waals surface area contributed by atoms with Crippen molar-refractivity contribution in [2.45, 2.75) is 6.54 Å². The second kappa shape index (κ2) is 9.68. The van der Waals surface area contributed by atoms with Crippen LogP contribution in [0.15, 0.2) is 65.7 Å². The zero-order valence-corrected chi connectivity index (χ0v) is 19.7. The van der Waals surface area contributed by atoms with Crippen LogP contribution in [0.3, 0.4) is 0 Å². The molecule has 0 atom stereocenters. The predicted octanol–water partition coefficient (Wildman–Crippen LogP) is 3.90. The molecule has 1 aliphatic heterocycles. The summed E-state index contributed by atoms with van der Waals surface area (Å²) in [6.07, 6.45) is 4.90. The maximum atomic E-state index is 13.6. The van der Waals surface area contributed by atoms with E-state index in [9.17, 15) is 9.18 Å². The highest BCUT2D eigenvalue weighted by molar-refractivity contribution is 9.10. The molecule has 172 valence electrons. The molecular weight excluding hydrogens is 501 g/mol. The predicted molar refractivity (Wildman–Crippen MR) is 131 cm³/mol. The molecule has 1 fully saturated rings. The summed E-state index contributed by atoms with van der Waals surface area (Å²) >= 11 is 3.34. The van der Waals surface area contributed by atoms with Crippen LogP contribution < -0.4 is 10.2 Å². The van der Waals surface area contributed by atoms with Gasteiger partial charge >= 0.3 is 0 Å². The van der Waals surface area contributed by atoms with Crippen molar-refractivity contribution >= 4 is 44.5 Å². The van der Waals surface area contributed by atoms with Gasteiger partial charge in [0, 0.05) is 56.1 Å². The number of hydrogen-bond donors (Lipinski definition) is 1. The maximum Gasteiger partial charge on any atom is 0.253 e. The SMILES string of the molecule is O=C(c1ccc(CNc2ncnc3ccc(F)cc23)cc1)N1CCN(c2ncc(Br)cn2)CC1. The summed E-state index contributed by atoms with van der Waals surface area (Å²) in [5, 5.41) is 3.86. The van der Waals surface area contributed by atoms with E-state index in [2.05, 4.69) is 46.1 Å². The van der Waals surface area contributed by atoms with E-state index < -0.39 is 0 Å². The average molecular weight is 522 g/mol. The molecule has 34 heavy (non-hydrogen) atoms. The molecule has 2 aromatic heterocycles. The van der Waals surface area contributed by atoms with Crippen molar-refractivity contribution < 1.29 is 9.18 Å². The van der Waals surface area contributed by atoms with Gasteiger partial charge in [-0.3, -0.25) is 4.79 Å². The number of fused-ring (bicyclic) bond motifs is 1. The Hall–Kier alpha value is -3.66. The molecule has 0 unspecified atom stereocenters. The van der Waals surface area contributed by atoms with Gasteiger partial charge in [-0.15, -0.1) is 0 Å². The van der Waals surface area contributed by atoms with Crippen molar-refractivity contribution in [2.24, 2.45) is 0 Å². The van der Waals surface area contributed by atoms with Gasteiger partial charge < -0.3 is 15.1 Å². The number of aromatic nitrogens is 4. The van der Waals surface area contributed by atoms with Gasteiger partial charge in [0.1, 0.15) is 18.0 Å². The second-order valence-corrected chi connectivity index (χ2v) is 8.83. The van der Waals surface area contributed by atoms with Gasteiger partial charge in [0.2, 0.25) is 5.95 Å². The molecule has 1 aliphatic rings. The first kappa shape index (κ1) is 22.1. The van der Waals surface area contributed by atoms with Crippen LogP contribution >= 0.6 is 15.9 Å². The quantitative estimate of drug-likeness (QED) is 0.426. The highest BCUT2D eigenvalue weighted by Crippen LogP contribution is 2.21. The number of piperazine rings is 1. The van der Waals surface area contributed by atoms with Crippen molar-refractivity contribution in [3.8, 4) is 0 Å². The normalized spacial score (nSPS) is 13.8. The van der Waals surface area contributed by atoms with Crippen molar-refractivity contribution in [1.29, 1.82) is 0 Å². The van der Waals surface area contributed by atoms with Gasteiger partial charge in [0.15, 0.2) is 0 Å². The van der Waals surface area contributed by atoms with E-state index in [1.807, 2.05) is 29.2 Å². The van der Waals surface area contributed by atoms with E-state index in [0.717, 1.165) is 10.0 Å². The molecule has 4 aromatic rings. The number of halogens is 2. The molecule has 0 bridgehead atoms. The van der Waals surface area contributed by atoms with E-state index in [-0.39, 0.29) is 11.7 Å². The number of nitrogens with zero attached hydrogens (tertiary/aromatic N) is 6. The number of anilines is 2. The highest BCUT2D eigenvalue weighted by atomic mass is 79.9. The molecule has 0 aliphatic carbocycles. The zero-order chi connectivity index (χ0) is 23.5. The third-order valence-corrected chi connectivity index (χ3v) is 6.12. The molecule has 1 saturated heterocycles. The fourth-order valence-corrected chi connectivity index (χ4v) is 4.09. The Kier molecular flexibility index (Phi) is 6.31. The van der Waals surface area contributed by atoms with Gasteiger partial charge in [0.05, 0.1) is 9.99 Å². The van der Waals surface area contributed by atoms with Crippen LogP contribution in [0.2, 0.25) is 0 Å². The first-order chi connectivity index (χ1) is 16.6. The Bertz CT molecular complexity index is 1310. The Morgan fingerprint density at radius 1 is 0.971 bits per heavy atom.